The number of nitrogens with one attached hydrogen (secondary N) is 2. The Morgan fingerprint density at radius 3 is 2.30 bits per heavy atom. The molecular weight excluding hydrogens is 342 g/mol. The molecule has 0 saturated carbocycles. The molecule has 2 N–H and O–H groups in total. The molecule has 0 bridgehead atoms. The fourth-order valence-corrected chi connectivity index (χ4v) is 2.34. The molecule has 0 atom stereocenters. The average molecular weight is 367 g/mol. The number of hydrogen-bond donors (Lipinski definition) is 2. The highest BCUT2D eigenvalue weighted by atomic mass is 16.5. The number of nitrogens with zero attached hydrogens (tertiary/aromatic N) is 1. The summed E-state index contributed by atoms with van der Waals surface area (Å²) in [7, 11) is 0. The van der Waals surface area contributed by atoms with Gasteiger partial charge in [-0.25, -0.2) is 5.43 Å². The van der Waals surface area contributed by atoms with Crippen molar-refractivity contribution in [2.75, 3.05) is 11.9 Å². The van der Waals surface area contributed by atoms with Crippen LogP contribution in [0.2, 0.25) is 0 Å². The Bertz CT molecular complexity index is 781. The quantitative estimate of drug-likeness (QED) is 0.424. The minimum atomic E-state index is -0.478. The monoisotopic (exact) mass is 367 g/mol. The number of anilines is 1. The van der Waals surface area contributed by atoms with Gasteiger partial charge in [0.2, 0.25) is 11.8 Å². The van der Waals surface area contributed by atoms with Gasteiger partial charge in [-0.1, -0.05) is 38.1 Å². The molecule has 0 fully saturated rings. The Morgan fingerprint density at radius 2 is 1.70 bits per heavy atom. The third kappa shape index (κ3) is 6.93. The molecular formula is C21H25N3O3. The number of hydrogen-bond acceptors (Lipinski definition) is 4. The van der Waals surface area contributed by atoms with Crippen LogP contribution in [0.5, 0.6) is 5.75 Å². The van der Waals surface area contributed by atoms with Crippen LogP contribution in [0.15, 0.2) is 53.6 Å². The first-order valence-electron chi connectivity index (χ1n) is 8.92. The van der Waals surface area contributed by atoms with Gasteiger partial charge in [0.05, 0.1) is 12.8 Å². The van der Waals surface area contributed by atoms with E-state index in [9.17, 15) is 9.59 Å². The van der Waals surface area contributed by atoms with Gasteiger partial charge in [0.1, 0.15) is 12.2 Å². The lowest BCUT2D eigenvalue weighted by atomic mass is 10.0. The van der Waals surface area contributed by atoms with E-state index in [0.717, 1.165) is 11.3 Å². The second-order valence-corrected chi connectivity index (χ2v) is 6.30. The molecule has 0 aliphatic carbocycles. The van der Waals surface area contributed by atoms with E-state index in [1.165, 1.54) is 5.56 Å². The van der Waals surface area contributed by atoms with Crippen molar-refractivity contribution in [1.82, 2.24) is 5.43 Å². The number of benzene rings is 2. The lowest BCUT2D eigenvalue weighted by Crippen LogP contribution is -2.24. The van der Waals surface area contributed by atoms with Crippen molar-refractivity contribution < 1.29 is 14.3 Å². The zero-order valence-electron chi connectivity index (χ0n) is 15.9. The third-order valence-electron chi connectivity index (χ3n) is 3.78. The van der Waals surface area contributed by atoms with Crippen molar-refractivity contribution in [1.29, 1.82) is 0 Å². The summed E-state index contributed by atoms with van der Waals surface area (Å²) < 4.78 is 5.34. The van der Waals surface area contributed by atoms with Gasteiger partial charge in [-0.05, 0) is 48.2 Å². The van der Waals surface area contributed by atoms with Crippen molar-refractivity contribution >= 4 is 23.7 Å². The summed E-state index contributed by atoms with van der Waals surface area (Å²) >= 11 is 0. The van der Waals surface area contributed by atoms with Gasteiger partial charge in [-0.15, -0.1) is 0 Å². The molecule has 2 aromatic rings. The van der Waals surface area contributed by atoms with Crippen LogP contribution in [0, 0.1) is 0 Å². The van der Waals surface area contributed by atoms with Crippen LogP contribution in [0.4, 0.5) is 5.69 Å². The first-order valence-corrected chi connectivity index (χ1v) is 8.92. The summed E-state index contributed by atoms with van der Waals surface area (Å²) in [6, 6.07) is 14.9. The minimum Gasteiger partial charge on any atom is -0.494 e. The van der Waals surface area contributed by atoms with Crippen molar-refractivity contribution in [2.24, 2.45) is 5.10 Å². The lowest BCUT2D eigenvalue weighted by Gasteiger charge is -2.06. The predicted molar refractivity (Wildman–Crippen MR) is 107 cm³/mol. The van der Waals surface area contributed by atoms with Gasteiger partial charge >= 0.3 is 0 Å². The molecule has 0 spiro atoms. The van der Waals surface area contributed by atoms with Crippen molar-refractivity contribution in [3.63, 3.8) is 0 Å². The SMILES string of the molecule is CCOc1ccc(NC(=O)CC(=O)NN=Cc2ccc(C(C)C)cc2)cc1. The smallest absolute Gasteiger partial charge is 0.249 e. The first-order chi connectivity index (χ1) is 13.0. The van der Waals surface area contributed by atoms with Crippen molar-refractivity contribution in [2.45, 2.75) is 33.1 Å². The Kier molecular flexibility index (Phi) is 7.55. The maximum absolute atomic E-state index is 11.9. The van der Waals surface area contributed by atoms with E-state index in [-0.39, 0.29) is 6.42 Å². The lowest BCUT2D eigenvalue weighted by molar-refractivity contribution is -0.126. The first kappa shape index (κ1) is 20.2. The second kappa shape index (κ2) is 10.1. The summed E-state index contributed by atoms with van der Waals surface area (Å²) in [4.78, 5) is 23.7. The topological polar surface area (TPSA) is 79.8 Å². The summed E-state index contributed by atoms with van der Waals surface area (Å²) in [5, 5.41) is 6.55. The number of ether oxygens (including phenoxy) is 1. The molecule has 0 aromatic heterocycles. The van der Waals surface area contributed by atoms with E-state index in [4.69, 9.17) is 4.74 Å². The molecule has 6 nitrogen and oxygen atoms in total. The summed E-state index contributed by atoms with van der Waals surface area (Å²) in [6.45, 7) is 6.73. The molecule has 2 amide bonds. The third-order valence-corrected chi connectivity index (χ3v) is 3.78. The number of carbonyl (C=O) groups excluding carboxylic acids is 2. The van der Waals surface area contributed by atoms with Crippen LogP contribution >= 0.6 is 0 Å². The molecule has 0 heterocycles. The van der Waals surface area contributed by atoms with Gasteiger partial charge in [-0.2, -0.15) is 5.10 Å². The van der Waals surface area contributed by atoms with E-state index in [0.29, 0.717) is 18.2 Å². The number of carbonyl (C=O) groups is 2. The molecule has 0 radical (unpaired) electrons. The fraction of sp³-hybridized carbons (Fsp3) is 0.286. The highest BCUT2D eigenvalue weighted by molar-refractivity contribution is 6.03. The zero-order valence-corrected chi connectivity index (χ0v) is 15.9. The molecule has 142 valence electrons. The van der Waals surface area contributed by atoms with E-state index in [1.807, 2.05) is 31.2 Å². The summed E-state index contributed by atoms with van der Waals surface area (Å²) in [5.41, 5.74) is 5.07. The van der Waals surface area contributed by atoms with E-state index in [2.05, 4.69) is 29.7 Å². The standard InChI is InChI=1S/C21H25N3O3/c1-4-27-19-11-9-18(10-12-19)23-20(25)13-21(26)24-22-14-16-5-7-17(8-6-16)15(2)3/h5-12,14-15H,4,13H2,1-3H3,(H,23,25)(H,24,26). The molecule has 27 heavy (non-hydrogen) atoms. The summed E-state index contributed by atoms with van der Waals surface area (Å²) in [5.74, 6) is 0.301. The number of amides is 2. The Hall–Kier alpha value is -3.15. The van der Waals surface area contributed by atoms with Gasteiger partial charge in [0.15, 0.2) is 0 Å². The van der Waals surface area contributed by atoms with Crippen LogP contribution in [0.25, 0.3) is 0 Å². The van der Waals surface area contributed by atoms with Crippen LogP contribution in [-0.4, -0.2) is 24.6 Å². The average Bonchev–Trinajstić information content (AvgIpc) is 2.64. The fourth-order valence-electron chi connectivity index (χ4n) is 2.34. The van der Waals surface area contributed by atoms with Crippen LogP contribution in [-0.2, 0) is 9.59 Å². The summed E-state index contributed by atoms with van der Waals surface area (Å²) in [6.07, 6.45) is 1.24. The van der Waals surface area contributed by atoms with Crippen molar-refractivity contribution in [3.8, 4) is 5.75 Å². The highest BCUT2D eigenvalue weighted by Crippen LogP contribution is 2.16. The van der Waals surface area contributed by atoms with Crippen LogP contribution < -0.4 is 15.5 Å². The maximum atomic E-state index is 11.9. The van der Waals surface area contributed by atoms with E-state index >= 15 is 0 Å². The largest absolute Gasteiger partial charge is 0.494 e. The second-order valence-electron chi connectivity index (χ2n) is 6.30. The predicted octanol–water partition coefficient (Wildman–Crippen LogP) is 3.69. The zero-order chi connectivity index (χ0) is 19.6. The molecule has 2 aromatic carbocycles. The molecule has 6 heteroatoms. The molecule has 0 unspecified atom stereocenters. The maximum Gasteiger partial charge on any atom is 0.249 e. The van der Waals surface area contributed by atoms with Crippen LogP contribution in [0.3, 0.4) is 0 Å². The van der Waals surface area contributed by atoms with Gasteiger partial charge in [-0.3, -0.25) is 9.59 Å². The van der Waals surface area contributed by atoms with Gasteiger partial charge in [0.25, 0.3) is 0 Å². The van der Waals surface area contributed by atoms with E-state index in [1.54, 1.807) is 30.5 Å². The molecule has 0 saturated heterocycles. The van der Waals surface area contributed by atoms with Gasteiger partial charge < -0.3 is 10.1 Å². The number of rotatable bonds is 8. The Morgan fingerprint density at radius 1 is 1.04 bits per heavy atom. The normalized spacial score (nSPS) is 10.8. The minimum absolute atomic E-state index is 0.309. The number of hydrazone groups is 1. The molecule has 0 aliphatic heterocycles. The molecule has 2 rings (SSSR count). The van der Waals surface area contributed by atoms with Gasteiger partial charge in [0, 0.05) is 5.69 Å². The van der Waals surface area contributed by atoms with E-state index < -0.39 is 11.8 Å². The van der Waals surface area contributed by atoms with Crippen LogP contribution in [0.1, 0.15) is 44.2 Å². The Labute approximate surface area is 159 Å². The highest BCUT2D eigenvalue weighted by Gasteiger charge is 2.09. The van der Waals surface area contributed by atoms with Crippen molar-refractivity contribution in [3.05, 3.63) is 59.7 Å². The Balaban J connectivity index is 1.78. The molecule has 0 aliphatic rings.